The van der Waals surface area contributed by atoms with Gasteiger partial charge in [-0.05, 0) is 35.4 Å². The Hall–Kier alpha value is -6.46. The summed E-state index contributed by atoms with van der Waals surface area (Å²) in [6, 6.07) is 55.0. The second-order valence-electron chi connectivity index (χ2n) is 13.0. The molecular formula is C45H32N4O. The van der Waals surface area contributed by atoms with Gasteiger partial charge in [0.15, 0.2) is 5.84 Å². The first-order valence-electron chi connectivity index (χ1n) is 17.1. The van der Waals surface area contributed by atoms with Crippen LogP contribution in [-0.2, 0) is 0 Å². The van der Waals surface area contributed by atoms with Crippen LogP contribution in [0.15, 0.2) is 172 Å². The van der Waals surface area contributed by atoms with Crippen molar-refractivity contribution in [2.24, 2.45) is 9.98 Å². The number of nitrogens with one attached hydrogen (secondary N) is 1. The Labute approximate surface area is 289 Å². The molecule has 0 saturated carbocycles. The van der Waals surface area contributed by atoms with E-state index in [1.54, 1.807) is 0 Å². The van der Waals surface area contributed by atoms with Crippen LogP contribution in [0.5, 0.6) is 0 Å². The number of nitrogens with zero attached hydrogens (tertiary/aromatic N) is 3. The lowest BCUT2D eigenvalue weighted by Gasteiger charge is -2.26. The van der Waals surface area contributed by atoms with E-state index >= 15 is 0 Å². The van der Waals surface area contributed by atoms with Crippen LogP contribution < -0.4 is 5.32 Å². The summed E-state index contributed by atoms with van der Waals surface area (Å²) in [4.78, 5) is 10.3. The summed E-state index contributed by atoms with van der Waals surface area (Å²) < 4.78 is 9.27. The molecule has 5 heteroatoms. The highest BCUT2D eigenvalue weighted by Crippen LogP contribution is 2.47. The van der Waals surface area contributed by atoms with Crippen LogP contribution in [0.3, 0.4) is 0 Å². The topological polar surface area (TPSA) is 54.8 Å². The summed E-state index contributed by atoms with van der Waals surface area (Å²) in [6.45, 7) is 0. The fourth-order valence-corrected chi connectivity index (χ4v) is 7.79. The molecule has 5 nitrogen and oxygen atoms in total. The number of rotatable bonds is 5. The average molecular weight is 645 g/mol. The molecular weight excluding hydrogens is 613 g/mol. The van der Waals surface area contributed by atoms with E-state index in [-0.39, 0.29) is 12.2 Å². The first kappa shape index (κ1) is 28.5. The van der Waals surface area contributed by atoms with E-state index in [0.29, 0.717) is 5.84 Å². The number of furan rings is 1. The molecule has 0 amide bonds. The molecule has 50 heavy (non-hydrogen) atoms. The van der Waals surface area contributed by atoms with Crippen LogP contribution in [-0.4, -0.2) is 16.2 Å². The zero-order valence-electron chi connectivity index (χ0n) is 27.2. The number of fused-ring (bicyclic) bond motifs is 6. The molecule has 0 fully saturated rings. The van der Waals surface area contributed by atoms with Gasteiger partial charge in [-0.2, -0.15) is 0 Å². The maximum Gasteiger partial charge on any atom is 0.159 e. The molecule has 2 aromatic heterocycles. The van der Waals surface area contributed by atoms with Crippen molar-refractivity contribution in [3.63, 3.8) is 0 Å². The van der Waals surface area contributed by atoms with Crippen LogP contribution in [0.2, 0.25) is 0 Å². The molecule has 3 heterocycles. The van der Waals surface area contributed by atoms with Gasteiger partial charge in [0.05, 0.1) is 11.6 Å². The third kappa shape index (κ3) is 4.62. The van der Waals surface area contributed by atoms with Gasteiger partial charge in [-0.3, -0.25) is 0 Å². The van der Waals surface area contributed by atoms with E-state index in [9.17, 15) is 0 Å². The van der Waals surface area contributed by atoms with Crippen LogP contribution in [0.4, 0.5) is 0 Å². The van der Waals surface area contributed by atoms with Gasteiger partial charge in [-0.25, -0.2) is 9.98 Å². The summed E-state index contributed by atoms with van der Waals surface area (Å²) in [5.74, 6) is 2.52. The highest BCUT2D eigenvalue weighted by atomic mass is 16.3. The summed E-state index contributed by atoms with van der Waals surface area (Å²) >= 11 is 0. The molecule has 2 unspecified atom stereocenters. The smallest absolute Gasteiger partial charge is 0.159 e. The quantitative estimate of drug-likeness (QED) is 0.203. The second-order valence-corrected chi connectivity index (χ2v) is 13.0. The van der Waals surface area contributed by atoms with Crippen molar-refractivity contribution >= 4 is 56.1 Å². The zero-order valence-corrected chi connectivity index (χ0v) is 27.2. The number of benzene rings is 6. The Morgan fingerprint density at radius 1 is 0.600 bits per heavy atom. The summed E-state index contributed by atoms with van der Waals surface area (Å²) in [5.41, 5.74) is 10.0. The van der Waals surface area contributed by atoms with Gasteiger partial charge in [0.1, 0.15) is 23.3 Å². The molecule has 0 bridgehead atoms. The lowest BCUT2D eigenvalue weighted by atomic mass is 9.88. The predicted molar refractivity (Wildman–Crippen MR) is 205 cm³/mol. The van der Waals surface area contributed by atoms with Crippen LogP contribution >= 0.6 is 0 Å². The normalized spacial score (nSPS) is 17.2. The predicted octanol–water partition coefficient (Wildman–Crippen LogP) is 10.6. The number of hydrogen-bond donors (Lipinski definition) is 1. The SMILES string of the molecule is C1=C(c2ccccc2)CC(n2c3ccccc3c3c(C4N=C(c5ccccc5)N=C(c5ccccc5)N4)cccc32)c2oc3ccccc3c21. The van der Waals surface area contributed by atoms with Crippen LogP contribution in [0, 0.1) is 0 Å². The Morgan fingerprint density at radius 2 is 1.24 bits per heavy atom. The van der Waals surface area contributed by atoms with Gasteiger partial charge >= 0.3 is 0 Å². The molecule has 2 aliphatic rings. The maximum absolute atomic E-state index is 6.77. The maximum atomic E-state index is 6.77. The van der Waals surface area contributed by atoms with Gasteiger partial charge < -0.3 is 14.3 Å². The minimum Gasteiger partial charge on any atom is -0.458 e. The number of hydrogen-bond acceptors (Lipinski definition) is 4. The first-order valence-corrected chi connectivity index (χ1v) is 17.1. The van der Waals surface area contributed by atoms with Gasteiger partial charge in [-0.1, -0.05) is 140 Å². The number of allylic oxidation sites excluding steroid dienone is 1. The van der Waals surface area contributed by atoms with E-state index in [1.165, 1.54) is 27.4 Å². The molecule has 2 atom stereocenters. The average Bonchev–Trinajstić information content (AvgIpc) is 3.74. The standard InChI is InChI=1S/C45H32N4O/c1-4-15-29(16-5-1)32-27-36-33-21-11-13-26-40(33)50-42(36)39(28-32)49-37-24-12-10-22-34(37)41-35(23-14-25-38(41)49)45-47-43(30-17-6-2-7-18-30)46-44(48-45)31-19-8-3-9-20-31/h1-27,39,45H,28H2,(H,46,47,48). The first-order chi connectivity index (χ1) is 24.8. The van der Waals surface area contributed by atoms with Crippen molar-refractivity contribution in [3.8, 4) is 0 Å². The third-order valence-electron chi connectivity index (χ3n) is 10.0. The van der Waals surface area contributed by atoms with Gasteiger partial charge in [0.25, 0.3) is 0 Å². The Balaban J connectivity index is 1.19. The number of para-hydroxylation sites is 2. The van der Waals surface area contributed by atoms with Gasteiger partial charge in [0, 0.05) is 50.4 Å². The lowest BCUT2D eigenvalue weighted by Crippen LogP contribution is -2.33. The molecule has 0 saturated heterocycles. The molecule has 0 radical (unpaired) electrons. The van der Waals surface area contributed by atoms with Gasteiger partial charge in [-0.15, -0.1) is 0 Å². The molecule has 1 aliphatic carbocycles. The third-order valence-corrected chi connectivity index (χ3v) is 10.0. The van der Waals surface area contributed by atoms with Crippen LogP contribution in [0.1, 0.15) is 52.2 Å². The fraction of sp³-hybridized carbons (Fsp3) is 0.0667. The Bertz CT molecular complexity index is 2650. The second kappa shape index (κ2) is 11.6. The molecule has 0 spiro atoms. The largest absolute Gasteiger partial charge is 0.458 e. The fourth-order valence-electron chi connectivity index (χ4n) is 7.79. The highest BCUT2D eigenvalue weighted by Gasteiger charge is 2.32. The van der Waals surface area contributed by atoms with E-state index in [0.717, 1.165) is 56.8 Å². The molecule has 1 N–H and O–H groups in total. The lowest BCUT2D eigenvalue weighted by molar-refractivity contribution is 0.464. The summed E-state index contributed by atoms with van der Waals surface area (Å²) in [5, 5.41) is 7.23. The minimum absolute atomic E-state index is 0.0561. The zero-order chi connectivity index (χ0) is 33.0. The number of aromatic nitrogens is 1. The molecule has 1 aliphatic heterocycles. The molecule has 8 aromatic rings. The number of aliphatic imine (C=N–C) groups is 2. The van der Waals surface area contributed by atoms with Crippen molar-refractivity contribution in [2.45, 2.75) is 18.6 Å². The Kier molecular flexibility index (Phi) is 6.62. The van der Waals surface area contributed by atoms with Crippen molar-refractivity contribution in [2.75, 3.05) is 0 Å². The molecule has 6 aromatic carbocycles. The van der Waals surface area contributed by atoms with E-state index < -0.39 is 0 Å². The highest BCUT2D eigenvalue weighted by molar-refractivity contribution is 6.14. The summed E-state index contributed by atoms with van der Waals surface area (Å²) in [6.07, 6.45) is 2.79. The van der Waals surface area contributed by atoms with E-state index in [1.807, 2.05) is 36.4 Å². The minimum atomic E-state index is -0.353. The molecule has 10 rings (SSSR count). The monoisotopic (exact) mass is 644 g/mol. The van der Waals surface area contributed by atoms with Crippen molar-refractivity contribution < 1.29 is 4.42 Å². The van der Waals surface area contributed by atoms with Gasteiger partial charge in [0.2, 0.25) is 0 Å². The van der Waals surface area contributed by atoms with Crippen molar-refractivity contribution in [1.29, 1.82) is 0 Å². The van der Waals surface area contributed by atoms with E-state index in [4.69, 9.17) is 14.4 Å². The summed E-state index contributed by atoms with van der Waals surface area (Å²) in [7, 11) is 0. The van der Waals surface area contributed by atoms with Crippen LogP contribution in [0.25, 0.3) is 44.4 Å². The Morgan fingerprint density at radius 3 is 2.02 bits per heavy atom. The van der Waals surface area contributed by atoms with Crippen molar-refractivity contribution in [3.05, 3.63) is 191 Å². The molecule has 238 valence electrons. The van der Waals surface area contributed by atoms with E-state index in [2.05, 4.69) is 137 Å². The number of amidine groups is 2. The van der Waals surface area contributed by atoms with Crippen molar-refractivity contribution in [1.82, 2.24) is 9.88 Å².